The monoisotopic (exact) mass is 237 g/mol. The smallest absolute Gasteiger partial charge is 0.251 e. The van der Waals surface area contributed by atoms with Gasteiger partial charge in [0.15, 0.2) is 0 Å². The maximum atomic E-state index is 13.8. The van der Waals surface area contributed by atoms with Crippen molar-refractivity contribution >= 4 is 5.91 Å². The largest absolute Gasteiger partial charge is 0.366 e. The molecule has 1 aromatic carbocycles. The summed E-state index contributed by atoms with van der Waals surface area (Å²) >= 11 is 0. The predicted molar refractivity (Wildman–Crippen MR) is 67.3 cm³/mol. The summed E-state index contributed by atoms with van der Waals surface area (Å²) in [5.74, 6) is -0.493. The van der Waals surface area contributed by atoms with Crippen LogP contribution in [-0.2, 0) is 6.42 Å². The van der Waals surface area contributed by atoms with Crippen LogP contribution in [0.2, 0.25) is 0 Å². The molecular formula is C14H20FNO. The Labute approximate surface area is 102 Å². The number of nitrogens with two attached hydrogens (primary N) is 1. The molecule has 0 saturated heterocycles. The summed E-state index contributed by atoms with van der Waals surface area (Å²) < 4.78 is 13.8. The van der Waals surface area contributed by atoms with Gasteiger partial charge in [0.05, 0.1) is 5.56 Å². The fourth-order valence-electron chi connectivity index (χ4n) is 1.81. The highest BCUT2D eigenvalue weighted by Crippen LogP contribution is 2.17. The van der Waals surface area contributed by atoms with Crippen LogP contribution in [0.1, 0.15) is 49.0 Å². The van der Waals surface area contributed by atoms with Gasteiger partial charge in [0, 0.05) is 0 Å². The number of aryl methyl sites for hydroxylation is 1. The Kier molecular flexibility index (Phi) is 5.13. The molecule has 2 N–H and O–H groups in total. The Balaban J connectivity index is 2.66. The topological polar surface area (TPSA) is 43.1 Å². The second-order valence-electron chi connectivity index (χ2n) is 4.55. The lowest BCUT2D eigenvalue weighted by Gasteiger charge is -2.09. The van der Waals surface area contributed by atoms with Gasteiger partial charge in [-0.2, -0.15) is 0 Å². The number of carbonyl (C=O) groups is 1. The SMILES string of the molecule is CCC(C)CCCc1cccc(C(N)=O)c1F. The van der Waals surface area contributed by atoms with Crippen molar-refractivity contribution in [2.75, 3.05) is 0 Å². The molecule has 0 spiro atoms. The molecule has 1 aromatic rings. The highest BCUT2D eigenvalue weighted by Gasteiger charge is 2.11. The van der Waals surface area contributed by atoms with E-state index in [-0.39, 0.29) is 5.56 Å². The van der Waals surface area contributed by atoms with Gasteiger partial charge in [-0.25, -0.2) is 4.39 Å². The second kappa shape index (κ2) is 6.38. The normalized spacial score (nSPS) is 12.4. The number of primary amides is 1. The van der Waals surface area contributed by atoms with E-state index in [4.69, 9.17) is 5.73 Å². The van der Waals surface area contributed by atoms with Crippen molar-refractivity contribution in [3.63, 3.8) is 0 Å². The van der Waals surface area contributed by atoms with E-state index in [1.807, 2.05) is 0 Å². The molecule has 0 aromatic heterocycles. The first-order valence-electron chi connectivity index (χ1n) is 6.13. The molecule has 17 heavy (non-hydrogen) atoms. The molecule has 94 valence electrons. The summed E-state index contributed by atoms with van der Waals surface area (Å²) in [6.07, 6.45) is 3.83. The van der Waals surface area contributed by atoms with Crippen molar-refractivity contribution in [1.82, 2.24) is 0 Å². The maximum absolute atomic E-state index is 13.8. The van der Waals surface area contributed by atoms with E-state index in [9.17, 15) is 9.18 Å². The van der Waals surface area contributed by atoms with Crippen molar-refractivity contribution in [2.24, 2.45) is 11.7 Å². The zero-order chi connectivity index (χ0) is 12.8. The molecular weight excluding hydrogens is 217 g/mol. The second-order valence-corrected chi connectivity index (χ2v) is 4.55. The molecule has 0 aliphatic rings. The van der Waals surface area contributed by atoms with E-state index in [2.05, 4.69) is 13.8 Å². The third kappa shape index (κ3) is 3.84. The average molecular weight is 237 g/mol. The number of benzene rings is 1. The molecule has 1 rings (SSSR count). The summed E-state index contributed by atoms with van der Waals surface area (Å²) in [5.41, 5.74) is 5.68. The Hall–Kier alpha value is -1.38. The highest BCUT2D eigenvalue weighted by atomic mass is 19.1. The lowest BCUT2D eigenvalue weighted by Crippen LogP contribution is -2.14. The Morgan fingerprint density at radius 1 is 1.47 bits per heavy atom. The minimum Gasteiger partial charge on any atom is -0.366 e. The van der Waals surface area contributed by atoms with E-state index in [1.165, 1.54) is 6.07 Å². The van der Waals surface area contributed by atoms with Crippen molar-refractivity contribution in [1.29, 1.82) is 0 Å². The number of rotatable bonds is 6. The molecule has 0 aliphatic heterocycles. The Morgan fingerprint density at radius 3 is 2.76 bits per heavy atom. The van der Waals surface area contributed by atoms with Crippen LogP contribution in [0, 0.1) is 11.7 Å². The molecule has 0 saturated carbocycles. The van der Waals surface area contributed by atoms with Crippen LogP contribution in [-0.4, -0.2) is 5.91 Å². The molecule has 0 aliphatic carbocycles. The van der Waals surface area contributed by atoms with Crippen LogP contribution < -0.4 is 5.73 Å². The molecule has 0 radical (unpaired) electrons. The zero-order valence-corrected chi connectivity index (χ0v) is 10.5. The average Bonchev–Trinajstić information content (AvgIpc) is 2.30. The number of amides is 1. The molecule has 3 heteroatoms. The van der Waals surface area contributed by atoms with E-state index < -0.39 is 11.7 Å². The van der Waals surface area contributed by atoms with E-state index >= 15 is 0 Å². The van der Waals surface area contributed by atoms with Crippen LogP contribution in [0.25, 0.3) is 0 Å². The van der Waals surface area contributed by atoms with Gasteiger partial charge >= 0.3 is 0 Å². The van der Waals surface area contributed by atoms with Gasteiger partial charge in [-0.15, -0.1) is 0 Å². The molecule has 1 atom stereocenters. The first-order chi connectivity index (χ1) is 8.06. The van der Waals surface area contributed by atoms with Crippen molar-refractivity contribution < 1.29 is 9.18 Å². The molecule has 1 unspecified atom stereocenters. The van der Waals surface area contributed by atoms with E-state index in [1.54, 1.807) is 12.1 Å². The molecule has 0 bridgehead atoms. The van der Waals surface area contributed by atoms with Crippen LogP contribution in [0.5, 0.6) is 0 Å². The first-order valence-corrected chi connectivity index (χ1v) is 6.13. The van der Waals surface area contributed by atoms with Gasteiger partial charge in [-0.05, 0) is 30.4 Å². The van der Waals surface area contributed by atoms with Crippen LogP contribution >= 0.6 is 0 Å². The van der Waals surface area contributed by atoms with E-state index in [0.717, 1.165) is 19.3 Å². The quantitative estimate of drug-likeness (QED) is 0.810. The van der Waals surface area contributed by atoms with Gasteiger partial charge in [-0.3, -0.25) is 4.79 Å². The summed E-state index contributed by atoms with van der Waals surface area (Å²) in [4.78, 5) is 11.0. The van der Waals surface area contributed by atoms with Crippen molar-refractivity contribution in [3.8, 4) is 0 Å². The number of hydrogen-bond donors (Lipinski definition) is 1. The Bertz CT molecular complexity index is 390. The zero-order valence-electron chi connectivity index (χ0n) is 10.5. The molecule has 1 amide bonds. The predicted octanol–water partition coefficient (Wildman–Crippen LogP) is 3.29. The standard InChI is InChI=1S/C14H20FNO/c1-3-10(2)6-4-7-11-8-5-9-12(13(11)15)14(16)17/h5,8-10H,3-4,6-7H2,1-2H3,(H2,16,17). The fraction of sp³-hybridized carbons (Fsp3) is 0.500. The molecule has 0 heterocycles. The third-order valence-electron chi connectivity index (χ3n) is 3.18. The highest BCUT2D eigenvalue weighted by molar-refractivity contribution is 5.93. The van der Waals surface area contributed by atoms with Gasteiger partial charge < -0.3 is 5.73 Å². The fourth-order valence-corrected chi connectivity index (χ4v) is 1.81. The van der Waals surface area contributed by atoms with Gasteiger partial charge in [0.25, 0.3) is 5.91 Å². The van der Waals surface area contributed by atoms with Crippen molar-refractivity contribution in [3.05, 3.63) is 35.1 Å². The van der Waals surface area contributed by atoms with Crippen LogP contribution in [0.15, 0.2) is 18.2 Å². The third-order valence-corrected chi connectivity index (χ3v) is 3.18. The maximum Gasteiger partial charge on any atom is 0.251 e. The van der Waals surface area contributed by atoms with Crippen LogP contribution in [0.4, 0.5) is 4.39 Å². The first kappa shape index (κ1) is 13.7. The van der Waals surface area contributed by atoms with Crippen LogP contribution in [0.3, 0.4) is 0 Å². The molecule has 0 fully saturated rings. The number of hydrogen-bond acceptors (Lipinski definition) is 1. The summed E-state index contributed by atoms with van der Waals surface area (Å²) in [5, 5.41) is 0. The van der Waals surface area contributed by atoms with Crippen molar-refractivity contribution in [2.45, 2.75) is 39.5 Å². The number of halogens is 1. The summed E-state index contributed by atoms with van der Waals surface area (Å²) in [7, 11) is 0. The lowest BCUT2D eigenvalue weighted by atomic mass is 9.98. The minimum atomic E-state index is -0.703. The summed E-state index contributed by atoms with van der Waals surface area (Å²) in [6.45, 7) is 4.34. The van der Waals surface area contributed by atoms with E-state index in [0.29, 0.717) is 17.9 Å². The molecule has 2 nitrogen and oxygen atoms in total. The lowest BCUT2D eigenvalue weighted by molar-refractivity contribution is 0.0996. The number of carbonyl (C=O) groups excluding carboxylic acids is 1. The van der Waals surface area contributed by atoms with Gasteiger partial charge in [0.1, 0.15) is 5.82 Å². The van der Waals surface area contributed by atoms with Gasteiger partial charge in [-0.1, -0.05) is 38.8 Å². The van der Waals surface area contributed by atoms with Gasteiger partial charge in [0.2, 0.25) is 0 Å². The minimum absolute atomic E-state index is 0.00830. The Morgan fingerprint density at radius 2 is 2.18 bits per heavy atom. The summed E-state index contributed by atoms with van der Waals surface area (Å²) in [6, 6.07) is 4.83.